The molecule has 0 radical (unpaired) electrons. The second-order valence-corrected chi connectivity index (χ2v) is 5.50. The van der Waals surface area contributed by atoms with Crippen LogP contribution in [-0.4, -0.2) is 23.1 Å². The number of hydrogen-bond donors (Lipinski definition) is 2. The number of anilines is 1. The monoisotopic (exact) mass is 333 g/mol. The number of benzene rings is 2. The van der Waals surface area contributed by atoms with E-state index in [1.54, 1.807) is 12.1 Å². The van der Waals surface area contributed by atoms with Gasteiger partial charge in [0.15, 0.2) is 6.10 Å². The molecule has 1 atom stereocenters. The molecule has 0 saturated heterocycles. The van der Waals surface area contributed by atoms with Crippen LogP contribution in [0.25, 0.3) is 0 Å². The number of esters is 1. The number of phenolic OH excluding ortho intramolecular Hbond substituents is 1. The first-order valence-corrected chi connectivity index (χ1v) is 7.31. The number of amides is 1. The number of carbonyl (C=O) groups is 2. The van der Waals surface area contributed by atoms with Gasteiger partial charge in [0.1, 0.15) is 11.3 Å². The highest BCUT2D eigenvalue weighted by atomic mass is 35.5. The lowest BCUT2D eigenvalue weighted by molar-refractivity contribution is -0.123. The first-order valence-electron chi connectivity index (χ1n) is 6.94. The molecule has 1 amide bonds. The van der Waals surface area contributed by atoms with Crippen LogP contribution in [0.4, 0.5) is 5.69 Å². The van der Waals surface area contributed by atoms with Crippen LogP contribution in [0.3, 0.4) is 0 Å². The van der Waals surface area contributed by atoms with Crippen molar-refractivity contribution in [2.24, 2.45) is 0 Å². The van der Waals surface area contributed by atoms with Gasteiger partial charge in [-0.25, -0.2) is 4.79 Å². The predicted molar refractivity (Wildman–Crippen MR) is 87.8 cm³/mol. The Balaban J connectivity index is 2.03. The van der Waals surface area contributed by atoms with E-state index in [1.165, 1.54) is 25.1 Å². The Bertz CT molecular complexity index is 745. The number of carbonyl (C=O) groups excluding carboxylic acids is 2. The lowest BCUT2D eigenvalue weighted by atomic mass is 10.2. The van der Waals surface area contributed by atoms with Crippen molar-refractivity contribution in [2.45, 2.75) is 20.0 Å². The van der Waals surface area contributed by atoms with E-state index in [0.29, 0.717) is 5.69 Å². The number of nitrogens with one attached hydrogen (secondary N) is 1. The van der Waals surface area contributed by atoms with E-state index in [9.17, 15) is 14.7 Å². The fourth-order valence-corrected chi connectivity index (χ4v) is 2.09. The summed E-state index contributed by atoms with van der Waals surface area (Å²) in [5, 5.41) is 12.6. The SMILES string of the molecule is Cc1cccc(NC(=O)C(C)OC(=O)c2cc(Cl)ccc2O)c1. The lowest BCUT2D eigenvalue weighted by Crippen LogP contribution is -2.30. The van der Waals surface area contributed by atoms with Crippen LogP contribution in [0.15, 0.2) is 42.5 Å². The van der Waals surface area contributed by atoms with Crippen molar-refractivity contribution in [3.05, 3.63) is 58.6 Å². The Morgan fingerprint density at radius 2 is 1.96 bits per heavy atom. The summed E-state index contributed by atoms with van der Waals surface area (Å²) in [6, 6.07) is 11.3. The highest BCUT2D eigenvalue weighted by Crippen LogP contribution is 2.22. The Hall–Kier alpha value is -2.53. The fraction of sp³-hybridized carbons (Fsp3) is 0.176. The molecule has 0 aliphatic carbocycles. The summed E-state index contributed by atoms with van der Waals surface area (Å²) in [5.74, 6) is -1.55. The maximum Gasteiger partial charge on any atom is 0.342 e. The normalized spacial score (nSPS) is 11.6. The smallest absolute Gasteiger partial charge is 0.342 e. The molecule has 2 N–H and O–H groups in total. The summed E-state index contributed by atoms with van der Waals surface area (Å²) in [6.45, 7) is 3.35. The maximum atomic E-state index is 12.1. The van der Waals surface area contributed by atoms with E-state index in [1.807, 2.05) is 19.1 Å². The number of phenols is 1. The third-order valence-corrected chi connectivity index (χ3v) is 3.35. The van der Waals surface area contributed by atoms with Gasteiger partial charge < -0.3 is 15.2 Å². The van der Waals surface area contributed by atoms with Crippen molar-refractivity contribution in [3.63, 3.8) is 0 Å². The number of aromatic hydroxyl groups is 1. The van der Waals surface area contributed by atoms with E-state index >= 15 is 0 Å². The van der Waals surface area contributed by atoms with Crippen LogP contribution >= 0.6 is 11.6 Å². The van der Waals surface area contributed by atoms with Gasteiger partial charge in [-0.3, -0.25) is 4.79 Å². The third kappa shape index (κ3) is 4.47. The molecular weight excluding hydrogens is 318 g/mol. The Morgan fingerprint density at radius 1 is 1.22 bits per heavy atom. The number of aryl methyl sites for hydroxylation is 1. The summed E-state index contributed by atoms with van der Waals surface area (Å²) in [6.07, 6.45) is -1.03. The molecule has 1 unspecified atom stereocenters. The van der Waals surface area contributed by atoms with E-state index < -0.39 is 18.0 Å². The van der Waals surface area contributed by atoms with Gasteiger partial charge in [0.2, 0.25) is 0 Å². The summed E-state index contributed by atoms with van der Waals surface area (Å²) >= 11 is 5.78. The first kappa shape index (κ1) is 16.8. The number of halogens is 1. The molecule has 0 saturated carbocycles. The molecule has 5 nitrogen and oxygen atoms in total. The van der Waals surface area contributed by atoms with Gasteiger partial charge in [-0.2, -0.15) is 0 Å². The summed E-state index contributed by atoms with van der Waals surface area (Å²) in [7, 11) is 0. The molecule has 6 heteroatoms. The standard InChI is InChI=1S/C17H16ClNO4/c1-10-4-3-5-13(8-10)19-16(21)11(2)23-17(22)14-9-12(18)6-7-15(14)20/h3-9,11,20H,1-2H3,(H,19,21). The van der Waals surface area contributed by atoms with Crippen LogP contribution in [-0.2, 0) is 9.53 Å². The molecule has 0 spiro atoms. The topological polar surface area (TPSA) is 75.6 Å². The molecule has 0 aliphatic heterocycles. The summed E-state index contributed by atoms with van der Waals surface area (Å²) in [5.41, 5.74) is 1.52. The van der Waals surface area contributed by atoms with Crippen molar-refractivity contribution in [1.82, 2.24) is 0 Å². The van der Waals surface area contributed by atoms with Gasteiger partial charge in [0.25, 0.3) is 5.91 Å². The minimum Gasteiger partial charge on any atom is -0.507 e. The van der Waals surface area contributed by atoms with Crippen molar-refractivity contribution in [1.29, 1.82) is 0 Å². The number of hydrogen-bond acceptors (Lipinski definition) is 4. The van der Waals surface area contributed by atoms with Gasteiger partial charge in [-0.05, 0) is 49.7 Å². The zero-order valence-electron chi connectivity index (χ0n) is 12.7. The van der Waals surface area contributed by atoms with Crippen LogP contribution in [0.1, 0.15) is 22.8 Å². The van der Waals surface area contributed by atoms with Crippen molar-refractivity contribution < 1.29 is 19.4 Å². The van der Waals surface area contributed by atoms with Crippen LogP contribution in [0.5, 0.6) is 5.75 Å². The summed E-state index contributed by atoms with van der Waals surface area (Å²) < 4.78 is 5.07. The van der Waals surface area contributed by atoms with E-state index in [0.717, 1.165) is 5.56 Å². The molecular formula is C17H16ClNO4. The average molecular weight is 334 g/mol. The number of ether oxygens (including phenoxy) is 1. The molecule has 0 heterocycles. The largest absolute Gasteiger partial charge is 0.507 e. The van der Waals surface area contributed by atoms with Crippen LogP contribution in [0.2, 0.25) is 5.02 Å². The van der Waals surface area contributed by atoms with E-state index in [4.69, 9.17) is 16.3 Å². The molecule has 0 bridgehead atoms. The number of rotatable bonds is 4. The predicted octanol–water partition coefficient (Wildman–Crippen LogP) is 3.54. The minimum absolute atomic E-state index is 0.0901. The molecule has 2 aromatic carbocycles. The molecule has 23 heavy (non-hydrogen) atoms. The zero-order chi connectivity index (χ0) is 17.0. The van der Waals surface area contributed by atoms with Gasteiger partial charge in [0.05, 0.1) is 0 Å². The molecule has 2 aromatic rings. The summed E-state index contributed by atoms with van der Waals surface area (Å²) in [4.78, 5) is 24.1. The molecule has 2 rings (SSSR count). The second-order valence-electron chi connectivity index (χ2n) is 5.07. The van der Waals surface area contributed by atoms with Crippen molar-refractivity contribution in [3.8, 4) is 5.75 Å². The Kier molecular flexibility index (Phi) is 5.24. The van der Waals surface area contributed by atoms with Crippen molar-refractivity contribution in [2.75, 3.05) is 5.32 Å². The molecule has 0 aromatic heterocycles. The van der Waals surface area contributed by atoms with E-state index in [-0.39, 0.29) is 16.3 Å². The van der Waals surface area contributed by atoms with Gasteiger partial charge >= 0.3 is 5.97 Å². The van der Waals surface area contributed by atoms with E-state index in [2.05, 4.69) is 5.32 Å². The first-order chi connectivity index (χ1) is 10.9. The molecule has 120 valence electrons. The Labute approximate surface area is 138 Å². The third-order valence-electron chi connectivity index (χ3n) is 3.12. The minimum atomic E-state index is -1.03. The highest BCUT2D eigenvalue weighted by Gasteiger charge is 2.21. The fourth-order valence-electron chi connectivity index (χ4n) is 1.92. The average Bonchev–Trinajstić information content (AvgIpc) is 2.49. The zero-order valence-corrected chi connectivity index (χ0v) is 13.4. The van der Waals surface area contributed by atoms with Crippen LogP contribution < -0.4 is 5.32 Å². The van der Waals surface area contributed by atoms with Crippen molar-refractivity contribution >= 4 is 29.2 Å². The molecule has 0 aliphatic rings. The van der Waals surface area contributed by atoms with Gasteiger partial charge in [-0.15, -0.1) is 0 Å². The van der Waals surface area contributed by atoms with Gasteiger partial charge in [-0.1, -0.05) is 23.7 Å². The van der Waals surface area contributed by atoms with Gasteiger partial charge in [0, 0.05) is 10.7 Å². The highest BCUT2D eigenvalue weighted by molar-refractivity contribution is 6.31. The Morgan fingerprint density at radius 3 is 2.65 bits per heavy atom. The van der Waals surface area contributed by atoms with Crippen LogP contribution in [0, 0.1) is 6.92 Å². The second kappa shape index (κ2) is 7.15. The maximum absolute atomic E-state index is 12.1. The quantitative estimate of drug-likeness (QED) is 0.839. The molecule has 0 fully saturated rings. The lowest BCUT2D eigenvalue weighted by Gasteiger charge is -2.14.